The van der Waals surface area contributed by atoms with Gasteiger partial charge in [0.05, 0.1) is 50.3 Å². The smallest absolute Gasteiger partial charge is 0.248 e. The number of hydrogen-bond donors (Lipinski definition) is 12. The van der Waals surface area contributed by atoms with E-state index in [0.717, 1.165) is 30.6 Å². The summed E-state index contributed by atoms with van der Waals surface area (Å²) >= 11 is -0.967. The van der Waals surface area contributed by atoms with E-state index in [-0.39, 0.29) is 76.3 Å². The van der Waals surface area contributed by atoms with E-state index in [0.29, 0.717) is 79.9 Å². The van der Waals surface area contributed by atoms with Crippen molar-refractivity contribution in [3.63, 3.8) is 0 Å². The lowest BCUT2D eigenvalue weighted by molar-refractivity contribution is -0.144. The average molecular weight is 1390 g/mol. The van der Waals surface area contributed by atoms with Gasteiger partial charge in [0.25, 0.3) is 0 Å². The van der Waals surface area contributed by atoms with Gasteiger partial charge in [0.1, 0.15) is 41.7 Å². The maximum absolute atomic E-state index is 15.4. The molecule has 0 aliphatic carbocycles. The number of H-pyrrole nitrogens is 1. The molecule has 0 saturated carbocycles. The van der Waals surface area contributed by atoms with E-state index < -0.39 is 163 Å². The van der Waals surface area contributed by atoms with E-state index >= 15 is 4.55 Å². The van der Waals surface area contributed by atoms with Crippen LogP contribution in [0.1, 0.15) is 149 Å². The first-order valence-electron chi connectivity index (χ1n) is 33.5. The van der Waals surface area contributed by atoms with Crippen LogP contribution in [0.4, 0.5) is 0 Å². The van der Waals surface area contributed by atoms with Gasteiger partial charge in [-0.05, 0) is 62.0 Å². The number of rotatable bonds is 30. The van der Waals surface area contributed by atoms with Crippen LogP contribution in [0.25, 0.3) is 10.9 Å². The third-order valence-electron chi connectivity index (χ3n) is 19.1. The number of thioether (sulfide) groups is 1. The van der Waals surface area contributed by atoms with Gasteiger partial charge in [-0.2, -0.15) is 11.8 Å². The second kappa shape index (κ2) is 36.5. The molecule has 96 heavy (non-hydrogen) atoms. The minimum absolute atomic E-state index is 0.0351. The molecular formula is C65H100N12O17S2. The van der Waals surface area contributed by atoms with Gasteiger partial charge < -0.3 is 82.8 Å². The van der Waals surface area contributed by atoms with Crippen molar-refractivity contribution in [3.8, 4) is 5.75 Å². The van der Waals surface area contributed by atoms with Crippen LogP contribution < -0.4 is 48.1 Å². The Labute approximate surface area is 567 Å². The summed E-state index contributed by atoms with van der Waals surface area (Å²) in [5.74, 6) is -10.8. The summed E-state index contributed by atoms with van der Waals surface area (Å²) in [4.78, 5) is 172. The molecule has 3 fully saturated rings. The van der Waals surface area contributed by atoms with E-state index in [4.69, 9.17) is 16.2 Å². The molecule has 0 radical (unpaired) electrons. The highest BCUT2D eigenvalue weighted by atomic mass is 32.2. The zero-order valence-electron chi connectivity index (χ0n) is 56.4. The van der Waals surface area contributed by atoms with Gasteiger partial charge in [-0.25, -0.2) is 0 Å². The Morgan fingerprint density at radius 1 is 0.896 bits per heavy atom. The molecule has 14 N–H and O–H groups in total. The van der Waals surface area contributed by atoms with Gasteiger partial charge >= 0.3 is 0 Å². The molecule has 0 spiro atoms. The fourth-order valence-corrected chi connectivity index (χ4v) is 15.6. The number of primary amides is 2. The van der Waals surface area contributed by atoms with Crippen LogP contribution in [0.3, 0.4) is 0 Å². The SMILES string of the molecule is CCCC(CC(C)CC)C1CC(=O)N(CCCCCC(=O)N2CC[C@H](SCc3c(OC)ccc4c5c([nH]c34)[S+]([O-])C[C@H](NC(=O)CNC(=O)[C@@H](NC(=O)CC)[C@@H](C)CC)C(=O)N[C@@H](CC(N)=O)C(=O)N3C[C@H](O)C[C@H]3C(=O)N[C@@H]([C@@H](C)[C@@H](O)CO)C(=O)N[C@H](C(N)=O)C5)C2)C1=O. The molecule has 2 aromatic rings. The lowest BCUT2D eigenvalue weighted by atomic mass is 9.80. The molecule has 15 atom stereocenters. The molecule has 0 bridgehead atoms. The van der Waals surface area contributed by atoms with Crippen molar-refractivity contribution in [2.24, 2.45) is 41.1 Å². The first-order valence-corrected chi connectivity index (χ1v) is 35.9. The number of aromatic nitrogens is 1. The van der Waals surface area contributed by atoms with Crippen molar-refractivity contribution < 1.29 is 82.1 Å². The predicted octanol–water partition coefficient (Wildman–Crippen LogP) is -0.230. The Morgan fingerprint density at radius 3 is 2.27 bits per heavy atom. The maximum atomic E-state index is 15.4. The molecule has 12 amide bonds. The van der Waals surface area contributed by atoms with Crippen LogP contribution >= 0.6 is 11.8 Å². The highest BCUT2D eigenvalue weighted by Crippen LogP contribution is 2.39. The highest BCUT2D eigenvalue weighted by Gasteiger charge is 2.46. The van der Waals surface area contributed by atoms with Crippen LogP contribution in [-0.4, -0.2) is 216 Å². The summed E-state index contributed by atoms with van der Waals surface area (Å²) in [6, 6.07) is -6.70. The van der Waals surface area contributed by atoms with Gasteiger partial charge in [0.2, 0.25) is 75.9 Å². The Balaban J connectivity index is 1.31. The summed E-state index contributed by atoms with van der Waals surface area (Å²) in [5, 5.41) is 46.9. The van der Waals surface area contributed by atoms with E-state index in [2.05, 4.69) is 57.7 Å². The quantitative estimate of drug-likeness (QED) is 0.0273. The number of benzene rings is 1. The fourth-order valence-electron chi connectivity index (χ4n) is 12.9. The molecule has 534 valence electrons. The monoisotopic (exact) mass is 1380 g/mol. The van der Waals surface area contributed by atoms with Crippen LogP contribution in [-0.2, 0) is 80.9 Å². The number of ether oxygens (including phenoxy) is 1. The number of aliphatic hydroxyl groups excluding tert-OH is 3. The zero-order valence-corrected chi connectivity index (χ0v) is 58.0. The van der Waals surface area contributed by atoms with Crippen molar-refractivity contribution in [1.29, 1.82) is 0 Å². The number of aliphatic hydroxyl groups is 3. The van der Waals surface area contributed by atoms with E-state index in [9.17, 15) is 72.9 Å². The van der Waals surface area contributed by atoms with Gasteiger partial charge in [-0.3, -0.25) is 62.4 Å². The number of unbranched alkanes of at least 4 members (excludes halogenated alkanes) is 2. The van der Waals surface area contributed by atoms with Crippen molar-refractivity contribution in [1.82, 2.24) is 51.6 Å². The van der Waals surface area contributed by atoms with Crippen molar-refractivity contribution >= 4 is 105 Å². The first kappa shape index (κ1) is 77.9. The Morgan fingerprint density at radius 2 is 1.62 bits per heavy atom. The van der Waals surface area contributed by atoms with Crippen molar-refractivity contribution in [2.45, 2.75) is 209 Å². The summed E-state index contributed by atoms with van der Waals surface area (Å²) in [6.45, 7) is 11.8. The zero-order chi connectivity index (χ0) is 70.8. The largest absolute Gasteiger partial charge is 0.610 e. The Bertz CT molecular complexity index is 3140. The average Bonchev–Trinajstić information content (AvgIpc) is 1.61. The minimum Gasteiger partial charge on any atom is -0.610 e. The number of nitrogens with two attached hydrogens (primary N) is 2. The molecule has 4 aliphatic rings. The summed E-state index contributed by atoms with van der Waals surface area (Å²) in [6.07, 6.45) is 2.33. The predicted molar refractivity (Wildman–Crippen MR) is 356 cm³/mol. The molecule has 5 heterocycles. The number of methoxy groups -OCH3 is 1. The number of nitrogens with one attached hydrogen (secondary N) is 7. The number of carbonyl (C=O) groups excluding carboxylic acids is 12. The Kier molecular flexibility index (Phi) is 29.6. The van der Waals surface area contributed by atoms with Crippen molar-refractivity contribution in [2.75, 3.05) is 52.2 Å². The standard InChI is InChI=1S/C65H100N12O17S2/c1-9-16-37(23-34(5)10-2)41-26-54(85)76(64(41)91)21-15-13-14-17-53(84)75-22-20-39(30-75)95-32-43-49(94-8)19-18-40-42-25-44(58(67)86)70-62(90)56(36(7)48(80)31-78)73-60(88)47-24-38(79)29-77(47)65(92)45(27-50(66)81)71-59(87)46(33-96(93)63(42)74-57(40)43)69-52(83)28-68-61(89)55(35(6)11-3)72-51(82)12-4/h18-19,34-39,41,44-48,55-56,74,78-80H,9-17,20-33H2,1-8H3,(H2,66,81)(H2,67,86)(H,68,89)(H,69,83)(H,70,90)(H,71,87)(H,72,82)(H,73,88)/t34?,35-,36-,37?,38+,39-,41?,44-,45-,46-,47-,48-,55-,56-,96?/m0/s1. The third-order valence-corrected chi connectivity index (χ3v) is 21.8. The minimum atomic E-state index is -2.48. The van der Waals surface area contributed by atoms with Gasteiger partial charge in [0.15, 0.2) is 6.04 Å². The topological polar surface area (TPSA) is 448 Å². The fraction of sp³-hybridized carbons (Fsp3) is 0.692. The van der Waals surface area contributed by atoms with Gasteiger partial charge in [0, 0.05) is 103 Å². The van der Waals surface area contributed by atoms with Crippen LogP contribution in [0, 0.1) is 29.6 Å². The van der Waals surface area contributed by atoms with Gasteiger partial charge in [-0.15, -0.1) is 0 Å². The Hall–Kier alpha value is -7.06. The van der Waals surface area contributed by atoms with Crippen LogP contribution in [0.2, 0.25) is 0 Å². The summed E-state index contributed by atoms with van der Waals surface area (Å²) in [7, 11) is 1.44. The maximum Gasteiger partial charge on any atom is 0.248 e. The number of hydrogen-bond acceptors (Lipinski definition) is 18. The third kappa shape index (κ3) is 20.3. The highest BCUT2D eigenvalue weighted by molar-refractivity contribution is 7.99. The molecular weight excluding hydrogens is 1280 g/mol. The lowest BCUT2D eigenvalue weighted by Gasteiger charge is -2.32. The molecule has 4 unspecified atom stereocenters. The molecule has 4 aliphatic heterocycles. The summed E-state index contributed by atoms with van der Waals surface area (Å²) in [5.41, 5.74) is 12.6. The molecule has 6 rings (SSSR count). The number of aromatic amines is 1. The number of fused-ring (bicyclic) bond motifs is 4. The second-order valence-corrected chi connectivity index (χ2v) is 28.7. The lowest BCUT2D eigenvalue weighted by Crippen LogP contribution is -2.61. The number of amides is 12. The second-order valence-electron chi connectivity index (χ2n) is 26.0. The molecule has 1 aromatic heterocycles. The van der Waals surface area contributed by atoms with E-state index in [1.165, 1.54) is 30.7 Å². The van der Waals surface area contributed by atoms with Gasteiger partial charge in [-0.1, -0.05) is 74.1 Å². The molecule has 1 aromatic carbocycles. The van der Waals surface area contributed by atoms with Crippen LogP contribution in [0.5, 0.6) is 5.75 Å². The number of likely N-dealkylation sites (tertiary alicyclic amines) is 2. The van der Waals surface area contributed by atoms with E-state index in [1.54, 1.807) is 37.8 Å². The molecule has 29 nitrogen and oxygen atoms in total. The molecule has 31 heteroatoms. The number of carbonyl (C=O) groups is 12. The van der Waals surface area contributed by atoms with E-state index in [1.807, 2.05) is 0 Å². The normalized spacial score (nSPS) is 24.9. The van der Waals surface area contributed by atoms with Crippen molar-refractivity contribution in [3.05, 3.63) is 23.3 Å². The van der Waals surface area contributed by atoms with Crippen LogP contribution in [0.15, 0.2) is 17.2 Å². The molecule has 3 saturated heterocycles. The number of imide groups is 1. The first-order chi connectivity index (χ1) is 45.6. The number of nitrogens with zero attached hydrogens (tertiary/aromatic N) is 3. The summed E-state index contributed by atoms with van der Waals surface area (Å²) < 4.78 is 21.3.